The molecule has 6 heteroatoms. The Bertz CT molecular complexity index is 625. The number of aliphatic imine (C=N–C) groups is 1. The van der Waals surface area contributed by atoms with Gasteiger partial charge in [0.2, 0.25) is 0 Å². The van der Waals surface area contributed by atoms with E-state index in [1.807, 2.05) is 13.1 Å². The molecule has 0 radical (unpaired) electrons. The van der Waals surface area contributed by atoms with Gasteiger partial charge >= 0.3 is 0 Å². The number of guanidine groups is 1. The van der Waals surface area contributed by atoms with E-state index < -0.39 is 0 Å². The Morgan fingerprint density at radius 2 is 1.79 bits per heavy atom. The lowest BCUT2D eigenvalue weighted by atomic mass is 9.69. The van der Waals surface area contributed by atoms with Crippen LogP contribution in [0.5, 0.6) is 11.5 Å². The Morgan fingerprint density at radius 1 is 1.07 bits per heavy atom. The summed E-state index contributed by atoms with van der Waals surface area (Å²) in [6.45, 7) is 2.86. The first kappa shape index (κ1) is 22.3. The van der Waals surface area contributed by atoms with E-state index in [2.05, 4.69) is 46.8 Å². The number of hydrogen-bond donors (Lipinski definition) is 2. The zero-order valence-electron chi connectivity index (χ0n) is 18.3. The largest absolute Gasteiger partial charge is 0.493 e. The van der Waals surface area contributed by atoms with Gasteiger partial charge in [-0.05, 0) is 57.6 Å². The van der Waals surface area contributed by atoms with Crippen LogP contribution in [0.3, 0.4) is 0 Å². The Labute approximate surface area is 170 Å². The molecule has 0 atom stereocenters. The van der Waals surface area contributed by atoms with Crippen molar-refractivity contribution in [2.24, 2.45) is 4.99 Å². The molecule has 0 heterocycles. The molecule has 6 nitrogen and oxygen atoms in total. The van der Waals surface area contributed by atoms with Crippen LogP contribution in [0.25, 0.3) is 0 Å². The molecule has 0 bridgehead atoms. The summed E-state index contributed by atoms with van der Waals surface area (Å²) in [6.07, 6.45) is 7.26. The molecule has 1 aliphatic rings. The molecule has 1 fully saturated rings. The zero-order chi connectivity index (χ0) is 20.4. The van der Waals surface area contributed by atoms with Crippen LogP contribution in [0.1, 0.15) is 44.1 Å². The minimum Gasteiger partial charge on any atom is -0.493 e. The lowest BCUT2D eigenvalue weighted by molar-refractivity contribution is 0.288. The van der Waals surface area contributed by atoms with E-state index >= 15 is 0 Å². The molecule has 0 unspecified atom stereocenters. The summed E-state index contributed by atoms with van der Waals surface area (Å²) in [5, 5.41) is 7.03. The first-order valence-corrected chi connectivity index (χ1v) is 10.4. The van der Waals surface area contributed by atoms with Gasteiger partial charge in [-0.25, -0.2) is 0 Å². The normalized spacial score (nSPS) is 16.7. The predicted octanol–water partition coefficient (Wildman–Crippen LogP) is 3.02. The number of methoxy groups -OCH3 is 2. The van der Waals surface area contributed by atoms with Crippen LogP contribution >= 0.6 is 0 Å². The topological polar surface area (TPSA) is 58.1 Å². The predicted molar refractivity (Wildman–Crippen MR) is 117 cm³/mol. The average molecular weight is 391 g/mol. The van der Waals surface area contributed by atoms with Gasteiger partial charge in [0.15, 0.2) is 17.5 Å². The molecule has 0 amide bonds. The Hall–Kier alpha value is -1.95. The maximum absolute atomic E-state index is 5.56. The van der Waals surface area contributed by atoms with Gasteiger partial charge in [0, 0.05) is 25.6 Å². The molecule has 158 valence electrons. The third-order valence-corrected chi connectivity index (χ3v) is 5.70. The summed E-state index contributed by atoms with van der Waals surface area (Å²) in [4.78, 5) is 6.61. The van der Waals surface area contributed by atoms with Crippen molar-refractivity contribution in [3.63, 3.8) is 0 Å². The molecular formula is C22H38N4O2. The van der Waals surface area contributed by atoms with Crippen LogP contribution in [-0.2, 0) is 5.41 Å². The van der Waals surface area contributed by atoms with E-state index in [1.165, 1.54) is 37.7 Å². The summed E-state index contributed by atoms with van der Waals surface area (Å²) in [7, 11) is 9.42. The molecule has 0 saturated heterocycles. The minimum atomic E-state index is 0.0963. The summed E-state index contributed by atoms with van der Waals surface area (Å²) < 4.78 is 11.0. The maximum atomic E-state index is 5.56. The highest BCUT2D eigenvalue weighted by Gasteiger charge is 2.34. The lowest BCUT2D eigenvalue weighted by Gasteiger charge is -2.38. The van der Waals surface area contributed by atoms with Gasteiger partial charge in [-0.2, -0.15) is 0 Å². The monoisotopic (exact) mass is 390 g/mol. The van der Waals surface area contributed by atoms with Gasteiger partial charge in [-0.1, -0.05) is 25.3 Å². The molecule has 1 saturated carbocycles. The fourth-order valence-corrected chi connectivity index (χ4v) is 4.04. The summed E-state index contributed by atoms with van der Waals surface area (Å²) in [5.41, 5.74) is 1.42. The molecule has 2 rings (SSSR count). The SMILES string of the molecule is CN=C(NCCCN(C)C)NCC1(c2ccc(OC)c(OC)c2)CCCCC1. The maximum Gasteiger partial charge on any atom is 0.191 e. The third-order valence-electron chi connectivity index (χ3n) is 5.70. The summed E-state index contributed by atoms with van der Waals surface area (Å²) >= 11 is 0. The second-order valence-electron chi connectivity index (χ2n) is 7.92. The standard InChI is InChI=1S/C22H38N4O2/c1-23-21(24-14-9-15-26(2)3)25-17-22(12-7-6-8-13-22)18-10-11-19(27-4)20(16-18)28-5/h10-11,16H,6-9,12-15,17H2,1-5H3,(H2,23,24,25). The van der Waals surface area contributed by atoms with Crippen molar-refractivity contribution in [1.82, 2.24) is 15.5 Å². The van der Waals surface area contributed by atoms with E-state index in [0.717, 1.165) is 43.5 Å². The highest BCUT2D eigenvalue weighted by molar-refractivity contribution is 5.79. The van der Waals surface area contributed by atoms with Gasteiger partial charge in [0.05, 0.1) is 14.2 Å². The van der Waals surface area contributed by atoms with E-state index in [4.69, 9.17) is 9.47 Å². The zero-order valence-corrected chi connectivity index (χ0v) is 18.3. The number of hydrogen-bond acceptors (Lipinski definition) is 4. The second-order valence-corrected chi connectivity index (χ2v) is 7.92. The quantitative estimate of drug-likeness (QED) is 0.386. The first-order valence-electron chi connectivity index (χ1n) is 10.4. The van der Waals surface area contributed by atoms with E-state index in [0.29, 0.717) is 0 Å². The van der Waals surface area contributed by atoms with Crippen LogP contribution in [0.2, 0.25) is 0 Å². The Balaban J connectivity index is 2.08. The average Bonchev–Trinajstić information content (AvgIpc) is 2.73. The first-order chi connectivity index (χ1) is 13.5. The van der Waals surface area contributed by atoms with Crippen LogP contribution in [0, 0.1) is 0 Å². The molecule has 2 N–H and O–H groups in total. The van der Waals surface area contributed by atoms with Crippen molar-refractivity contribution >= 4 is 5.96 Å². The molecule has 1 aliphatic carbocycles. The van der Waals surface area contributed by atoms with Crippen molar-refractivity contribution < 1.29 is 9.47 Å². The number of ether oxygens (including phenoxy) is 2. The molecule has 0 aliphatic heterocycles. The smallest absolute Gasteiger partial charge is 0.191 e. The summed E-state index contributed by atoms with van der Waals surface area (Å²) in [5.74, 6) is 2.46. The van der Waals surface area contributed by atoms with Gasteiger partial charge in [-0.15, -0.1) is 0 Å². The van der Waals surface area contributed by atoms with Crippen LogP contribution < -0.4 is 20.1 Å². The van der Waals surface area contributed by atoms with Gasteiger partial charge in [-0.3, -0.25) is 4.99 Å². The fraction of sp³-hybridized carbons (Fsp3) is 0.682. The van der Waals surface area contributed by atoms with E-state index in [-0.39, 0.29) is 5.41 Å². The molecule has 0 aromatic heterocycles. The fourth-order valence-electron chi connectivity index (χ4n) is 4.04. The molecule has 1 aromatic rings. The summed E-state index contributed by atoms with van der Waals surface area (Å²) in [6, 6.07) is 6.37. The molecule has 0 spiro atoms. The van der Waals surface area contributed by atoms with Crippen molar-refractivity contribution in [3.8, 4) is 11.5 Å². The molecule has 28 heavy (non-hydrogen) atoms. The van der Waals surface area contributed by atoms with E-state index in [9.17, 15) is 0 Å². The Kier molecular flexibility index (Phi) is 8.90. The van der Waals surface area contributed by atoms with E-state index in [1.54, 1.807) is 14.2 Å². The van der Waals surface area contributed by atoms with Crippen molar-refractivity contribution in [3.05, 3.63) is 23.8 Å². The third kappa shape index (κ3) is 6.03. The van der Waals surface area contributed by atoms with Gasteiger partial charge < -0.3 is 25.0 Å². The molecule has 1 aromatic carbocycles. The van der Waals surface area contributed by atoms with Gasteiger partial charge in [0.25, 0.3) is 0 Å². The van der Waals surface area contributed by atoms with Crippen LogP contribution in [0.15, 0.2) is 23.2 Å². The van der Waals surface area contributed by atoms with Crippen molar-refractivity contribution in [1.29, 1.82) is 0 Å². The number of rotatable bonds is 9. The highest BCUT2D eigenvalue weighted by Crippen LogP contribution is 2.42. The minimum absolute atomic E-state index is 0.0963. The second kappa shape index (κ2) is 11.1. The van der Waals surface area contributed by atoms with Gasteiger partial charge in [0.1, 0.15) is 0 Å². The van der Waals surface area contributed by atoms with Crippen LogP contribution in [0.4, 0.5) is 0 Å². The lowest BCUT2D eigenvalue weighted by Crippen LogP contribution is -2.47. The number of benzene rings is 1. The van der Waals surface area contributed by atoms with Crippen molar-refractivity contribution in [2.45, 2.75) is 43.9 Å². The highest BCUT2D eigenvalue weighted by atomic mass is 16.5. The number of nitrogens with one attached hydrogen (secondary N) is 2. The van der Waals surface area contributed by atoms with Crippen molar-refractivity contribution in [2.75, 3.05) is 55.0 Å². The molecular weight excluding hydrogens is 352 g/mol. The number of nitrogens with zero attached hydrogens (tertiary/aromatic N) is 2. The Morgan fingerprint density at radius 3 is 2.39 bits per heavy atom. The van der Waals surface area contributed by atoms with Crippen LogP contribution in [-0.4, -0.2) is 65.9 Å².